The summed E-state index contributed by atoms with van der Waals surface area (Å²) in [4.78, 5) is 5.86. The summed E-state index contributed by atoms with van der Waals surface area (Å²) < 4.78 is 0. The molecule has 4 aliphatic rings. The summed E-state index contributed by atoms with van der Waals surface area (Å²) in [6, 6.07) is 2.82. The molecule has 0 aromatic heterocycles. The first-order chi connectivity index (χ1) is 10.8. The summed E-state index contributed by atoms with van der Waals surface area (Å²) in [7, 11) is 0. The average molecular weight is 305 g/mol. The van der Waals surface area contributed by atoms with Crippen LogP contribution in [0.25, 0.3) is 0 Å². The van der Waals surface area contributed by atoms with E-state index in [1.54, 1.807) is 0 Å². The second-order valence-electron chi connectivity index (χ2n) is 8.85. The lowest BCUT2D eigenvalue weighted by atomic mass is 9.90. The molecule has 4 fully saturated rings. The second-order valence-corrected chi connectivity index (χ2v) is 8.85. The molecule has 0 radical (unpaired) electrons. The Kier molecular flexibility index (Phi) is 4.78. The zero-order chi connectivity index (χ0) is 14.9. The molecule has 0 N–H and O–H groups in total. The van der Waals surface area contributed by atoms with E-state index in [2.05, 4.69) is 16.7 Å². The molecule has 4 rings (SSSR count). The summed E-state index contributed by atoms with van der Waals surface area (Å²) in [5, 5.41) is 0. The maximum Gasteiger partial charge on any atom is 0.0140 e. The zero-order valence-corrected chi connectivity index (χ0v) is 14.7. The Morgan fingerprint density at radius 3 is 2.36 bits per heavy atom. The van der Waals surface area contributed by atoms with E-state index >= 15 is 0 Å². The highest BCUT2D eigenvalue weighted by Crippen LogP contribution is 2.38. The molecule has 0 bridgehead atoms. The Morgan fingerprint density at radius 1 is 0.727 bits per heavy atom. The number of likely N-dealkylation sites (tertiary alicyclic amines) is 2. The third-order valence-corrected chi connectivity index (χ3v) is 7.37. The Bertz CT molecular complexity index is 363. The van der Waals surface area contributed by atoms with Gasteiger partial charge in [-0.1, -0.05) is 26.2 Å². The van der Waals surface area contributed by atoms with Gasteiger partial charge in [-0.15, -0.1) is 0 Å². The van der Waals surface area contributed by atoms with E-state index in [0.29, 0.717) is 0 Å². The van der Waals surface area contributed by atoms with Crippen molar-refractivity contribution in [1.29, 1.82) is 0 Å². The van der Waals surface area contributed by atoms with Crippen LogP contribution in [0.15, 0.2) is 0 Å². The normalized spacial score (nSPS) is 42.4. The molecular weight excluding hydrogens is 268 g/mol. The van der Waals surface area contributed by atoms with Crippen molar-refractivity contribution in [3.8, 4) is 0 Å². The highest BCUT2D eigenvalue weighted by molar-refractivity contribution is 4.95. The Balaban J connectivity index is 1.35. The van der Waals surface area contributed by atoms with Crippen LogP contribution < -0.4 is 0 Å². The predicted octanol–water partition coefficient (Wildman–Crippen LogP) is 4.29. The van der Waals surface area contributed by atoms with Gasteiger partial charge in [-0.05, 0) is 76.3 Å². The molecule has 0 amide bonds. The van der Waals surface area contributed by atoms with Crippen LogP contribution in [0.3, 0.4) is 0 Å². The fraction of sp³-hybridized carbons (Fsp3) is 1.00. The van der Waals surface area contributed by atoms with Crippen LogP contribution in [0.2, 0.25) is 0 Å². The number of nitrogens with zero attached hydrogens (tertiary/aromatic N) is 2. The van der Waals surface area contributed by atoms with Gasteiger partial charge >= 0.3 is 0 Å². The van der Waals surface area contributed by atoms with Gasteiger partial charge in [0.2, 0.25) is 0 Å². The summed E-state index contributed by atoms with van der Waals surface area (Å²) in [6.45, 7) is 6.68. The molecule has 4 unspecified atom stereocenters. The van der Waals surface area contributed by atoms with E-state index in [1.165, 1.54) is 90.3 Å². The molecule has 0 aromatic carbocycles. The number of hydrogen-bond acceptors (Lipinski definition) is 2. The summed E-state index contributed by atoms with van der Waals surface area (Å²) >= 11 is 0. The van der Waals surface area contributed by atoms with Gasteiger partial charge in [0, 0.05) is 24.7 Å². The molecule has 126 valence electrons. The van der Waals surface area contributed by atoms with Crippen LogP contribution in [0.4, 0.5) is 0 Å². The van der Waals surface area contributed by atoms with Crippen LogP contribution in [-0.2, 0) is 0 Å². The van der Waals surface area contributed by atoms with Crippen molar-refractivity contribution in [3.05, 3.63) is 0 Å². The van der Waals surface area contributed by atoms with Crippen LogP contribution in [0.5, 0.6) is 0 Å². The molecule has 2 aliphatic carbocycles. The van der Waals surface area contributed by atoms with Crippen molar-refractivity contribution in [3.63, 3.8) is 0 Å². The first-order valence-electron chi connectivity index (χ1n) is 10.3. The molecule has 2 heterocycles. The van der Waals surface area contributed by atoms with Gasteiger partial charge in [0.15, 0.2) is 0 Å². The highest BCUT2D eigenvalue weighted by atomic mass is 15.2. The molecule has 2 heteroatoms. The van der Waals surface area contributed by atoms with Crippen molar-refractivity contribution in [1.82, 2.24) is 9.80 Å². The lowest BCUT2D eigenvalue weighted by Gasteiger charge is -2.38. The van der Waals surface area contributed by atoms with Crippen LogP contribution in [-0.4, -0.2) is 47.6 Å². The van der Waals surface area contributed by atoms with E-state index in [0.717, 1.165) is 30.0 Å². The summed E-state index contributed by atoms with van der Waals surface area (Å²) in [5.41, 5.74) is 0. The quantitative estimate of drug-likeness (QED) is 0.767. The average Bonchev–Trinajstić information content (AvgIpc) is 3.27. The van der Waals surface area contributed by atoms with Gasteiger partial charge in [-0.3, -0.25) is 4.90 Å². The molecule has 0 aromatic rings. The van der Waals surface area contributed by atoms with Crippen LogP contribution >= 0.6 is 0 Å². The van der Waals surface area contributed by atoms with Gasteiger partial charge in [-0.25, -0.2) is 0 Å². The topological polar surface area (TPSA) is 6.48 Å². The Morgan fingerprint density at radius 2 is 1.59 bits per heavy atom. The first-order valence-corrected chi connectivity index (χ1v) is 10.3. The van der Waals surface area contributed by atoms with Gasteiger partial charge in [0.1, 0.15) is 0 Å². The molecule has 2 aliphatic heterocycles. The molecule has 2 nitrogen and oxygen atoms in total. The van der Waals surface area contributed by atoms with Gasteiger partial charge in [0.25, 0.3) is 0 Å². The smallest absolute Gasteiger partial charge is 0.0140 e. The van der Waals surface area contributed by atoms with Gasteiger partial charge in [-0.2, -0.15) is 0 Å². The minimum absolute atomic E-state index is 0.935. The van der Waals surface area contributed by atoms with E-state index in [-0.39, 0.29) is 0 Å². The van der Waals surface area contributed by atoms with Gasteiger partial charge < -0.3 is 4.90 Å². The third kappa shape index (κ3) is 3.11. The van der Waals surface area contributed by atoms with Crippen LogP contribution in [0.1, 0.15) is 77.6 Å². The fourth-order valence-corrected chi connectivity index (χ4v) is 6.16. The molecule has 22 heavy (non-hydrogen) atoms. The molecule has 0 spiro atoms. The van der Waals surface area contributed by atoms with Gasteiger partial charge in [0.05, 0.1) is 0 Å². The fourth-order valence-electron chi connectivity index (χ4n) is 6.16. The largest absolute Gasteiger partial charge is 0.300 e. The number of rotatable bonds is 3. The molecule has 2 saturated carbocycles. The minimum atomic E-state index is 0.935. The van der Waals surface area contributed by atoms with Crippen molar-refractivity contribution < 1.29 is 0 Å². The molecule has 4 atom stereocenters. The minimum Gasteiger partial charge on any atom is -0.300 e. The van der Waals surface area contributed by atoms with Crippen molar-refractivity contribution in [2.45, 2.75) is 95.7 Å². The Hall–Kier alpha value is -0.0800. The molecular formula is C20H36N2. The van der Waals surface area contributed by atoms with Crippen molar-refractivity contribution in [2.24, 2.45) is 11.8 Å². The van der Waals surface area contributed by atoms with E-state index in [1.807, 2.05) is 0 Å². The maximum absolute atomic E-state index is 2.98. The highest BCUT2D eigenvalue weighted by Gasteiger charge is 2.40. The first kappa shape index (κ1) is 15.4. The summed E-state index contributed by atoms with van der Waals surface area (Å²) in [5.74, 6) is 1.97. The Labute approximate surface area is 137 Å². The lowest BCUT2D eigenvalue weighted by Crippen LogP contribution is -2.44. The van der Waals surface area contributed by atoms with Crippen LogP contribution in [0, 0.1) is 11.8 Å². The third-order valence-electron chi connectivity index (χ3n) is 7.37. The van der Waals surface area contributed by atoms with Crippen molar-refractivity contribution in [2.75, 3.05) is 19.6 Å². The zero-order valence-electron chi connectivity index (χ0n) is 14.7. The maximum atomic E-state index is 2.98. The summed E-state index contributed by atoms with van der Waals surface area (Å²) in [6.07, 6.45) is 16.3. The number of hydrogen-bond donors (Lipinski definition) is 0. The van der Waals surface area contributed by atoms with E-state index < -0.39 is 0 Å². The second kappa shape index (κ2) is 6.81. The van der Waals surface area contributed by atoms with E-state index in [4.69, 9.17) is 0 Å². The SMILES string of the molecule is CC1CCC(N2CCC(C3CCCN3C3CCCCC3)C2)C1. The van der Waals surface area contributed by atoms with E-state index in [9.17, 15) is 0 Å². The standard InChI is InChI=1S/C20H36N2/c1-16-9-10-19(14-16)21-13-11-17(15-21)20-8-5-12-22(20)18-6-3-2-4-7-18/h16-20H,2-15H2,1H3. The predicted molar refractivity (Wildman–Crippen MR) is 93.1 cm³/mol. The molecule has 2 saturated heterocycles. The monoisotopic (exact) mass is 304 g/mol. The van der Waals surface area contributed by atoms with Crippen molar-refractivity contribution >= 4 is 0 Å². The lowest BCUT2D eigenvalue weighted by molar-refractivity contribution is 0.104.